The van der Waals surface area contributed by atoms with E-state index in [1.807, 2.05) is 6.92 Å². The van der Waals surface area contributed by atoms with E-state index in [-0.39, 0.29) is 13.0 Å². The van der Waals surface area contributed by atoms with Crippen LogP contribution in [-0.2, 0) is 0 Å². The van der Waals surface area contributed by atoms with E-state index in [1.54, 1.807) is 0 Å². The van der Waals surface area contributed by atoms with Crippen molar-refractivity contribution in [3.63, 3.8) is 0 Å². The predicted octanol–water partition coefficient (Wildman–Crippen LogP) is 3.19. The van der Waals surface area contributed by atoms with Gasteiger partial charge >= 0.3 is 6.18 Å². The van der Waals surface area contributed by atoms with E-state index in [2.05, 4.69) is 0 Å². The zero-order chi connectivity index (χ0) is 11.0. The molecule has 1 atom stereocenters. The third-order valence-electron chi connectivity index (χ3n) is 1.86. The number of hydrogen-bond acceptors (Lipinski definition) is 2. The summed E-state index contributed by atoms with van der Waals surface area (Å²) in [6, 6.07) is 0. The zero-order valence-corrected chi connectivity index (χ0v) is 9.26. The molecule has 14 heavy (non-hydrogen) atoms. The topological polar surface area (TPSA) is 26.0 Å². The van der Waals surface area contributed by atoms with E-state index >= 15 is 0 Å². The van der Waals surface area contributed by atoms with Crippen LogP contribution >= 0.6 is 11.8 Å². The molecule has 0 aliphatic rings. The standard InChI is InChI=1S/C9H18F3NS/c1-2-3-4-7-14-8(5-6-13)9(10,11)12/h8H,2-7,13H2,1H3. The summed E-state index contributed by atoms with van der Waals surface area (Å²) in [5.41, 5.74) is 5.14. The molecule has 0 aromatic heterocycles. The molecule has 0 saturated carbocycles. The van der Waals surface area contributed by atoms with Crippen LogP contribution in [0.1, 0.15) is 32.6 Å². The first kappa shape index (κ1) is 14.1. The van der Waals surface area contributed by atoms with Gasteiger partial charge in [-0.3, -0.25) is 0 Å². The Morgan fingerprint density at radius 3 is 2.36 bits per heavy atom. The number of halogens is 3. The first-order valence-electron chi connectivity index (χ1n) is 4.90. The summed E-state index contributed by atoms with van der Waals surface area (Å²) in [6.45, 7) is 2.14. The quantitative estimate of drug-likeness (QED) is 0.678. The highest BCUT2D eigenvalue weighted by atomic mass is 32.2. The Balaban J connectivity index is 3.74. The van der Waals surface area contributed by atoms with Gasteiger partial charge in [-0.05, 0) is 25.1 Å². The lowest BCUT2D eigenvalue weighted by Gasteiger charge is -2.18. The van der Waals surface area contributed by atoms with E-state index in [1.165, 1.54) is 0 Å². The van der Waals surface area contributed by atoms with Gasteiger partial charge in [0.25, 0.3) is 0 Å². The SMILES string of the molecule is CCCCCSC(CCN)C(F)(F)F. The number of rotatable bonds is 7. The van der Waals surface area contributed by atoms with Gasteiger partial charge < -0.3 is 5.73 Å². The summed E-state index contributed by atoms with van der Waals surface area (Å²) < 4.78 is 37.0. The summed E-state index contributed by atoms with van der Waals surface area (Å²) in [5.74, 6) is 0.581. The fourth-order valence-corrected chi connectivity index (χ4v) is 2.22. The lowest BCUT2D eigenvalue weighted by Crippen LogP contribution is -2.28. The highest BCUT2D eigenvalue weighted by Crippen LogP contribution is 2.32. The van der Waals surface area contributed by atoms with Gasteiger partial charge in [-0.15, -0.1) is 11.8 Å². The lowest BCUT2D eigenvalue weighted by molar-refractivity contribution is -0.129. The van der Waals surface area contributed by atoms with Gasteiger partial charge in [0.05, 0.1) is 0 Å². The number of nitrogens with two attached hydrogens (primary N) is 1. The van der Waals surface area contributed by atoms with Crippen LogP contribution in [0.3, 0.4) is 0 Å². The fraction of sp³-hybridized carbons (Fsp3) is 1.00. The zero-order valence-electron chi connectivity index (χ0n) is 8.44. The Kier molecular flexibility index (Phi) is 7.45. The van der Waals surface area contributed by atoms with Crippen LogP contribution in [0.25, 0.3) is 0 Å². The van der Waals surface area contributed by atoms with Gasteiger partial charge in [-0.2, -0.15) is 13.2 Å². The molecule has 2 N–H and O–H groups in total. The average Bonchev–Trinajstić information content (AvgIpc) is 2.08. The van der Waals surface area contributed by atoms with Gasteiger partial charge in [0.15, 0.2) is 0 Å². The summed E-state index contributed by atoms with van der Waals surface area (Å²) in [6.07, 6.45) is -1.18. The smallest absolute Gasteiger partial charge is 0.330 e. The van der Waals surface area contributed by atoms with Crippen molar-refractivity contribution < 1.29 is 13.2 Å². The molecule has 0 rings (SSSR count). The van der Waals surface area contributed by atoms with E-state index in [0.29, 0.717) is 5.75 Å². The number of unbranched alkanes of at least 4 members (excludes halogenated alkanes) is 2. The molecule has 0 bridgehead atoms. The Hall–Kier alpha value is 0.100. The van der Waals surface area contributed by atoms with Crippen LogP contribution in [0, 0.1) is 0 Å². The van der Waals surface area contributed by atoms with Crippen molar-refractivity contribution in [2.24, 2.45) is 5.73 Å². The minimum absolute atomic E-state index is 0.0281. The molecule has 0 spiro atoms. The molecule has 1 nitrogen and oxygen atoms in total. The van der Waals surface area contributed by atoms with Crippen LogP contribution in [0.4, 0.5) is 13.2 Å². The Morgan fingerprint density at radius 1 is 1.29 bits per heavy atom. The van der Waals surface area contributed by atoms with E-state index in [0.717, 1.165) is 31.0 Å². The third kappa shape index (κ3) is 6.54. The maximum absolute atomic E-state index is 12.3. The van der Waals surface area contributed by atoms with Gasteiger partial charge in [-0.25, -0.2) is 0 Å². The molecule has 0 aliphatic heterocycles. The van der Waals surface area contributed by atoms with Crippen LogP contribution < -0.4 is 5.73 Å². The van der Waals surface area contributed by atoms with E-state index in [9.17, 15) is 13.2 Å². The van der Waals surface area contributed by atoms with E-state index < -0.39 is 11.4 Å². The second-order valence-corrected chi connectivity index (χ2v) is 4.50. The number of hydrogen-bond donors (Lipinski definition) is 1. The second-order valence-electron chi connectivity index (χ2n) is 3.19. The molecular formula is C9H18F3NS. The Bertz CT molecular complexity index is 139. The van der Waals surface area contributed by atoms with Crippen LogP contribution in [0.15, 0.2) is 0 Å². The van der Waals surface area contributed by atoms with Gasteiger partial charge in [0.1, 0.15) is 5.25 Å². The molecule has 86 valence electrons. The molecule has 0 radical (unpaired) electrons. The third-order valence-corrected chi connectivity index (χ3v) is 3.29. The maximum atomic E-state index is 12.3. The van der Waals surface area contributed by atoms with Crippen LogP contribution in [-0.4, -0.2) is 23.7 Å². The largest absolute Gasteiger partial charge is 0.400 e. The Morgan fingerprint density at radius 2 is 1.93 bits per heavy atom. The minimum Gasteiger partial charge on any atom is -0.330 e. The van der Waals surface area contributed by atoms with Crippen molar-refractivity contribution in [2.45, 2.75) is 44.0 Å². The van der Waals surface area contributed by atoms with Gasteiger partial charge in [0, 0.05) is 0 Å². The normalized spacial score (nSPS) is 14.4. The molecule has 0 fully saturated rings. The summed E-state index contributed by atoms with van der Waals surface area (Å²) >= 11 is 0.988. The van der Waals surface area contributed by atoms with Crippen LogP contribution in [0.2, 0.25) is 0 Å². The highest BCUT2D eigenvalue weighted by Gasteiger charge is 2.38. The maximum Gasteiger partial charge on any atom is 0.400 e. The molecule has 0 amide bonds. The average molecular weight is 229 g/mol. The highest BCUT2D eigenvalue weighted by molar-refractivity contribution is 7.99. The van der Waals surface area contributed by atoms with Crippen molar-refractivity contribution in [1.29, 1.82) is 0 Å². The fourth-order valence-electron chi connectivity index (χ4n) is 1.07. The Labute approximate surface area is 87.6 Å². The molecule has 0 aliphatic carbocycles. The van der Waals surface area contributed by atoms with Gasteiger partial charge in [-0.1, -0.05) is 19.8 Å². The second kappa shape index (κ2) is 7.40. The monoisotopic (exact) mass is 229 g/mol. The lowest BCUT2D eigenvalue weighted by atomic mass is 10.3. The summed E-state index contributed by atoms with van der Waals surface area (Å²) in [4.78, 5) is 0. The number of alkyl halides is 3. The molecule has 0 aromatic carbocycles. The van der Waals surface area contributed by atoms with Crippen LogP contribution in [0.5, 0.6) is 0 Å². The van der Waals surface area contributed by atoms with Crippen molar-refractivity contribution in [2.75, 3.05) is 12.3 Å². The molecule has 5 heteroatoms. The molecule has 0 aromatic rings. The van der Waals surface area contributed by atoms with Crippen molar-refractivity contribution >= 4 is 11.8 Å². The number of thioether (sulfide) groups is 1. The first-order valence-corrected chi connectivity index (χ1v) is 5.95. The van der Waals surface area contributed by atoms with Crippen molar-refractivity contribution in [3.05, 3.63) is 0 Å². The van der Waals surface area contributed by atoms with Crippen molar-refractivity contribution in [1.82, 2.24) is 0 Å². The molecule has 0 saturated heterocycles. The van der Waals surface area contributed by atoms with E-state index in [4.69, 9.17) is 5.73 Å². The van der Waals surface area contributed by atoms with Crippen molar-refractivity contribution in [3.8, 4) is 0 Å². The summed E-state index contributed by atoms with van der Waals surface area (Å²) in [7, 11) is 0. The summed E-state index contributed by atoms with van der Waals surface area (Å²) in [5, 5.41) is -1.27. The molecule has 1 unspecified atom stereocenters. The molecular weight excluding hydrogens is 211 g/mol. The predicted molar refractivity (Wildman–Crippen MR) is 55.5 cm³/mol. The minimum atomic E-state index is -4.10. The first-order chi connectivity index (χ1) is 6.52. The van der Waals surface area contributed by atoms with Gasteiger partial charge in [0.2, 0.25) is 0 Å². The molecule has 0 heterocycles.